The second-order valence-electron chi connectivity index (χ2n) is 4.12. The molecule has 0 heterocycles. The first kappa shape index (κ1) is 11.2. The third-order valence-electron chi connectivity index (χ3n) is 2.85. The van der Waals surface area contributed by atoms with E-state index < -0.39 is 0 Å². The molecule has 0 amide bonds. The van der Waals surface area contributed by atoms with E-state index >= 15 is 0 Å². The van der Waals surface area contributed by atoms with Crippen LogP contribution in [0.5, 0.6) is 0 Å². The van der Waals surface area contributed by atoms with E-state index in [1.807, 2.05) is 0 Å². The first-order valence-electron chi connectivity index (χ1n) is 5.85. The van der Waals surface area contributed by atoms with Gasteiger partial charge in [-0.05, 0) is 0 Å². The van der Waals surface area contributed by atoms with Crippen LogP contribution in [0.15, 0.2) is 40.0 Å². The Morgan fingerprint density at radius 1 is 0.867 bits per heavy atom. The quantitative estimate of drug-likeness (QED) is 0.581. The minimum atomic E-state index is -0.0534. The van der Waals surface area contributed by atoms with E-state index in [1.54, 1.807) is 9.18 Å². The van der Waals surface area contributed by atoms with Gasteiger partial charge in [0.2, 0.25) is 0 Å². The zero-order valence-corrected chi connectivity index (χ0v) is 11.4. The van der Waals surface area contributed by atoms with Crippen LogP contribution in [-0.2, 0) is 0 Å². The van der Waals surface area contributed by atoms with E-state index in [0.717, 1.165) is 0 Å². The van der Waals surface area contributed by atoms with Crippen molar-refractivity contribution in [2.24, 2.45) is 0 Å². The van der Waals surface area contributed by atoms with E-state index in [9.17, 15) is 0 Å². The number of hydrogen-bond acceptors (Lipinski definition) is 0. The third kappa shape index (κ3) is 4.01. The minimum absolute atomic E-state index is 0.0534. The van der Waals surface area contributed by atoms with Crippen LogP contribution in [0.4, 0.5) is 0 Å². The molecule has 1 saturated carbocycles. The van der Waals surface area contributed by atoms with Gasteiger partial charge in [0.1, 0.15) is 0 Å². The zero-order chi connectivity index (χ0) is 10.3. The van der Waals surface area contributed by atoms with Crippen molar-refractivity contribution in [3.8, 4) is 0 Å². The van der Waals surface area contributed by atoms with Crippen molar-refractivity contribution in [2.45, 2.75) is 38.5 Å². The summed E-state index contributed by atoms with van der Waals surface area (Å²) in [6, 6.07) is 11.0. The molecule has 1 fully saturated rings. The average molecular weight is 314 g/mol. The van der Waals surface area contributed by atoms with Crippen LogP contribution in [0.2, 0.25) is 0 Å². The molecule has 1 aromatic rings. The van der Waals surface area contributed by atoms with Crippen molar-refractivity contribution in [3.05, 3.63) is 40.0 Å². The van der Waals surface area contributed by atoms with Gasteiger partial charge >= 0.3 is 103 Å². The average Bonchev–Trinajstić information content (AvgIpc) is 2.56. The Bertz CT molecular complexity index is 303. The Hall–Kier alpha value is -0.250. The molecule has 80 valence electrons. The summed E-state index contributed by atoms with van der Waals surface area (Å²) in [5.74, 6) is 0. The predicted octanol–water partition coefficient (Wildman–Crippen LogP) is 3.25. The van der Waals surface area contributed by atoms with E-state index in [-0.39, 0.29) is 20.9 Å². The first-order valence-corrected chi connectivity index (χ1v) is 8.36. The van der Waals surface area contributed by atoms with Crippen LogP contribution in [0.25, 0.3) is 0 Å². The molecule has 1 heteroatoms. The third-order valence-corrected chi connectivity index (χ3v) is 5.69. The molecular weight excluding hydrogens is 296 g/mol. The molecule has 1 aromatic carbocycles. The van der Waals surface area contributed by atoms with Crippen LogP contribution in [0, 0.1) is 0 Å². The van der Waals surface area contributed by atoms with Gasteiger partial charge in [-0.1, -0.05) is 0 Å². The van der Waals surface area contributed by atoms with Crippen molar-refractivity contribution >= 4 is 24.5 Å². The Morgan fingerprint density at radius 3 is 2.20 bits per heavy atom. The molecule has 0 nitrogen and oxygen atoms in total. The Kier molecular flexibility index (Phi) is 4.76. The summed E-state index contributed by atoms with van der Waals surface area (Å²) in [6.07, 6.45) is 8.49. The molecule has 0 radical (unpaired) electrons. The molecule has 0 aromatic heterocycles. The van der Waals surface area contributed by atoms with Gasteiger partial charge in [0, 0.05) is 0 Å². The van der Waals surface area contributed by atoms with Gasteiger partial charge in [-0.2, -0.15) is 0 Å². The molecule has 0 saturated heterocycles. The zero-order valence-electron chi connectivity index (χ0n) is 9.11. The van der Waals surface area contributed by atoms with Gasteiger partial charge in [-0.15, -0.1) is 0 Å². The van der Waals surface area contributed by atoms with E-state index in [4.69, 9.17) is 0 Å². The van der Waals surface area contributed by atoms with Crippen molar-refractivity contribution in [1.29, 1.82) is 0 Å². The Morgan fingerprint density at radius 2 is 1.53 bits per heavy atom. The summed E-state index contributed by atoms with van der Waals surface area (Å²) in [5.41, 5.74) is 1.75. The maximum atomic E-state index is 2.59. The number of rotatable bonds is 2. The standard InChI is InChI=1S/C14H18Te/c1-2-5-9-13(8-4-1)12-15-14-10-6-3-7-11-14/h3,6-7,10-12H,1-2,4-5,8-9H2. The summed E-state index contributed by atoms with van der Waals surface area (Å²) in [5, 5.41) is 0. The molecule has 1 aliphatic rings. The summed E-state index contributed by atoms with van der Waals surface area (Å²) in [6.45, 7) is 0. The fourth-order valence-electron chi connectivity index (χ4n) is 1.95. The van der Waals surface area contributed by atoms with Crippen molar-refractivity contribution in [3.63, 3.8) is 0 Å². The topological polar surface area (TPSA) is 0 Å². The maximum absolute atomic E-state index is 2.59. The monoisotopic (exact) mass is 316 g/mol. The first-order chi connectivity index (χ1) is 7.45. The molecule has 15 heavy (non-hydrogen) atoms. The summed E-state index contributed by atoms with van der Waals surface area (Å²) in [4.78, 5) is 0. The number of hydrogen-bond donors (Lipinski definition) is 0. The van der Waals surface area contributed by atoms with E-state index in [2.05, 4.69) is 34.5 Å². The van der Waals surface area contributed by atoms with Crippen LogP contribution >= 0.6 is 0 Å². The SMILES string of the molecule is C([Te]c1ccccc1)=C1CCCCCC1. The van der Waals surface area contributed by atoms with Crippen molar-refractivity contribution < 1.29 is 0 Å². The van der Waals surface area contributed by atoms with Gasteiger partial charge in [0.05, 0.1) is 0 Å². The van der Waals surface area contributed by atoms with Crippen molar-refractivity contribution in [1.82, 2.24) is 0 Å². The Labute approximate surface area is 103 Å². The molecule has 0 unspecified atom stereocenters. The predicted molar refractivity (Wildman–Crippen MR) is 67.6 cm³/mol. The fourth-order valence-corrected chi connectivity index (χ4v) is 4.38. The van der Waals surface area contributed by atoms with Crippen LogP contribution in [0.1, 0.15) is 38.5 Å². The van der Waals surface area contributed by atoms with Crippen LogP contribution in [0.3, 0.4) is 0 Å². The van der Waals surface area contributed by atoms with Gasteiger partial charge in [0.15, 0.2) is 0 Å². The van der Waals surface area contributed by atoms with Gasteiger partial charge < -0.3 is 0 Å². The van der Waals surface area contributed by atoms with Gasteiger partial charge in [-0.3, -0.25) is 0 Å². The molecule has 0 spiro atoms. The fraction of sp³-hybridized carbons (Fsp3) is 0.429. The molecule has 0 N–H and O–H groups in total. The van der Waals surface area contributed by atoms with Crippen LogP contribution in [-0.4, -0.2) is 20.9 Å². The summed E-state index contributed by atoms with van der Waals surface area (Å²) in [7, 11) is 0. The van der Waals surface area contributed by atoms with Gasteiger partial charge in [-0.25, -0.2) is 0 Å². The number of allylic oxidation sites excluding steroid dienone is 1. The van der Waals surface area contributed by atoms with Gasteiger partial charge in [0.25, 0.3) is 0 Å². The molecular formula is C14H18Te. The van der Waals surface area contributed by atoms with Crippen molar-refractivity contribution in [2.75, 3.05) is 0 Å². The number of benzene rings is 1. The summed E-state index contributed by atoms with van der Waals surface area (Å²) < 4.78 is 4.16. The molecule has 0 bridgehead atoms. The van der Waals surface area contributed by atoms with Crippen LogP contribution < -0.4 is 3.61 Å². The molecule has 0 aliphatic heterocycles. The molecule has 1 aliphatic carbocycles. The summed E-state index contributed by atoms with van der Waals surface area (Å²) >= 11 is -0.0534. The Balaban J connectivity index is 1.92. The molecule has 2 rings (SSSR count). The normalized spacial score (nSPS) is 17.2. The second kappa shape index (κ2) is 6.36. The second-order valence-corrected chi connectivity index (χ2v) is 6.81. The van der Waals surface area contributed by atoms with E-state index in [0.29, 0.717) is 0 Å². The van der Waals surface area contributed by atoms with E-state index in [1.165, 1.54) is 38.5 Å². The molecule has 0 atom stereocenters.